The number of nitrogens with one attached hydrogen (secondary N) is 1. The van der Waals surface area contributed by atoms with Gasteiger partial charge in [-0.1, -0.05) is 43.7 Å². The number of ether oxygens (including phenoxy) is 2. The van der Waals surface area contributed by atoms with Gasteiger partial charge in [-0.25, -0.2) is 9.59 Å². The summed E-state index contributed by atoms with van der Waals surface area (Å²) in [7, 11) is 0. The van der Waals surface area contributed by atoms with E-state index >= 15 is 0 Å². The Kier molecular flexibility index (Phi) is 8.37. The van der Waals surface area contributed by atoms with Gasteiger partial charge in [0.2, 0.25) is 0 Å². The standard InChI is InChI=1S/C23H35N3O4/c1-2-3-16-29-22(28)26-18-23(19-26)10-14-25(15-11-23)13-7-12-24-21(27)30-17-20-8-5-4-6-9-20/h4-6,8-9H,2-3,7,10-19H2,1H3,(H,24,27). The number of carbonyl (C=O) groups is 2. The monoisotopic (exact) mass is 417 g/mol. The van der Waals surface area contributed by atoms with Crippen LogP contribution in [0.1, 0.15) is 44.6 Å². The number of alkyl carbamates (subject to hydrolysis) is 1. The normalized spacial score (nSPS) is 18.0. The summed E-state index contributed by atoms with van der Waals surface area (Å²) in [5.74, 6) is 0. The molecule has 2 aliphatic rings. The van der Waals surface area contributed by atoms with Crippen molar-refractivity contribution in [3.8, 4) is 0 Å². The number of benzene rings is 1. The molecule has 1 spiro atoms. The highest BCUT2D eigenvalue weighted by Crippen LogP contribution is 2.40. The highest BCUT2D eigenvalue weighted by molar-refractivity contribution is 5.69. The van der Waals surface area contributed by atoms with Gasteiger partial charge in [-0.05, 0) is 50.9 Å². The largest absolute Gasteiger partial charge is 0.449 e. The first-order valence-corrected chi connectivity index (χ1v) is 11.2. The molecule has 0 aliphatic carbocycles. The zero-order valence-electron chi connectivity index (χ0n) is 18.1. The topological polar surface area (TPSA) is 71.1 Å². The second kappa shape index (κ2) is 11.2. The molecule has 7 heteroatoms. The lowest BCUT2D eigenvalue weighted by atomic mass is 9.72. The maximum atomic E-state index is 12.0. The third-order valence-electron chi connectivity index (χ3n) is 6.08. The predicted molar refractivity (Wildman–Crippen MR) is 115 cm³/mol. The van der Waals surface area contributed by atoms with Gasteiger partial charge in [0.1, 0.15) is 6.61 Å². The van der Waals surface area contributed by atoms with E-state index < -0.39 is 0 Å². The molecular weight excluding hydrogens is 382 g/mol. The summed E-state index contributed by atoms with van der Waals surface area (Å²) < 4.78 is 10.5. The van der Waals surface area contributed by atoms with Gasteiger partial charge in [0.05, 0.1) is 6.61 Å². The second-order valence-corrected chi connectivity index (χ2v) is 8.51. The van der Waals surface area contributed by atoms with Gasteiger partial charge in [-0.15, -0.1) is 0 Å². The first kappa shape index (κ1) is 22.4. The van der Waals surface area contributed by atoms with E-state index in [1.807, 2.05) is 35.2 Å². The van der Waals surface area contributed by atoms with Crippen LogP contribution in [0.4, 0.5) is 9.59 Å². The maximum absolute atomic E-state index is 12.0. The predicted octanol–water partition coefficient (Wildman–Crippen LogP) is 3.64. The quantitative estimate of drug-likeness (QED) is 0.621. The van der Waals surface area contributed by atoms with Crippen molar-refractivity contribution in [3.05, 3.63) is 35.9 Å². The summed E-state index contributed by atoms with van der Waals surface area (Å²) in [6.45, 7) is 8.28. The fraction of sp³-hybridized carbons (Fsp3) is 0.652. The Hall–Kier alpha value is -2.28. The Morgan fingerprint density at radius 1 is 1.07 bits per heavy atom. The van der Waals surface area contributed by atoms with Crippen LogP contribution in [0.3, 0.4) is 0 Å². The zero-order valence-corrected chi connectivity index (χ0v) is 18.1. The zero-order chi connectivity index (χ0) is 21.2. The lowest BCUT2D eigenvalue weighted by molar-refractivity contribution is -0.0416. The van der Waals surface area contributed by atoms with Crippen LogP contribution in [-0.4, -0.2) is 67.9 Å². The molecule has 0 aromatic heterocycles. The van der Waals surface area contributed by atoms with Crippen molar-refractivity contribution in [2.24, 2.45) is 5.41 Å². The van der Waals surface area contributed by atoms with E-state index in [2.05, 4.69) is 17.1 Å². The minimum atomic E-state index is -0.364. The fourth-order valence-corrected chi connectivity index (χ4v) is 4.12. The van der Waals surface area contributed by atoms with Gasteiger partial charge in [-0.2, -0.15) is 0 Å². The van der Waals surface area contributed by atoms with Gasteiger partial charge >= 0.3 is 12.2 Å². The number of nitrogens with zero attached hydrogens (tertiary/aromatic N) is 2. The van der Waals surface area contributed by atoms with Crippen LogP contribution in [0.25, 0.3) is 0 Å². The van der Waals surface area contributed by atoms with E-state index in [1.54, 1.807) is 0 Å². The van der Waals surface area contributed by atoms with Crippen molar-refractivity contribution in [2.75, 3.05) is 45.9 Å². The SMILES string of the molecule is CCCCOC(=O)N1CC2(CCN(CCCNC(=O)OCc3ccccc3)CC2)C1. The lowest BCUT2D eigenvalue weighted by Crippen LogP contribution is -2.62. The van der Waals surface area contributed by atoms with Crippen LogP contribution in [0.2, 0.25) is 0 Å². The van der Waals surface area contributed by atoms with Crippen LogP contribution < -0.4 is 5.32 Å². The van der Waals surface area contributed by atoms with Gasteiger partial charge in [0.15, 0.2) is 0 Å². The molecule has 1 aromatic rings. The molecule has 7 nitrogen and oxygen atoms in total. The minimum Gasteiger partial charge on any atom is -0.449 e. The van der Waals surface area contributed by atoms with Crippen molar-refractivity contribution in [2.45, 2.75) is 45.6 Å². The summed E-state index contributed by atoms with van der Waals surface area (Å²) >= 11 is 0. The van der Waals surface area contributed by atoms with Crippen LogP contribution in [0.15, 0.2) is 30.3 Å². The lowest BCUT2D eigenvalue weighted by Gasteiger charge is -2.53. The fourth-order valence-electron chi connectivity index (χ4n) is 4.12. The average Bonchev–Trinajstić information content (AvgIpc) is 2.75. The van der Waals surface area contributed by atoms with E-state index in [-0.39, 0.29) is 12.2 Å². The molecule has 2 fully saturated rings. The van der Waals surface area contributed by atoms with Crippen molar-refractivity contribution >= 4 is 12.2 Å². The summed E-state index contributed by atoms with van der Waals surface area (Å²) in [6, 6.07) is 9.68. The Morgan fingerprint density at radius 3 is 2.50 bits per heavy atom. The number of hydrogen-bond donors (Lipinski definition) is 1. The molecule has 1 N–H and O–H groups in total. The number of amides is 2. The van der Waals surface area contributed by atoms with E-state index in [0.717, 1.165) is 70.4 Å². The highest BCUT2D eigenvalue weighted by Gasteiger charge is 2.47. The van der Waals surface area contributed by atoms with Gasteiger partial charge in [0, 0.05) is 25.0 Å². The molecular formula is C23H35N3O4. The Morgan fingerprint density at radius 2 is 1.80 bits per heavy atom. The number of unbranched alkanes of at least 4 members (excludes halogenated alkanes) is 1. The smallest absolute Gasteiger partial charge is 0.409 e. The molecule has 0 saturated carbocycles. The van der Waals surface area contributed by atoms with Crippen LogP contribution >= 0.6 is 0 Å². The van der Waals surface area contributed by atoms with Gasteiger partial charge in [-0.3, -0.25) is 0 Å². The van der Waals surface area contributed by atoms with Crippen LogP contribution in [-0.2, 0) is 16.1 Å². The number of piperidine rings is 1. The molecule has 3 rings (SSSR count). The molecule has 0 bridgehead atoms. The van der Waals surface area contributed by atoms with E-state index in [4.69, 9.17) is 9.47 Å². The molecule has 0 atom stereocenters. The minimum absolute atomic E-state index is 0.151. The number of rotatable bonds is 9. The van der Waals surface area contributed by atoms with Gasteiger partial charge in [0.25, 0.3) is 0 Å². The third-order valence-corrected chi connectivity index (χ3v) is 6.08. The summed E-state index contributed by atoms with van der Waals surface area (Å²) in [5, 5.41) is 2.82. The first-order valence-electron chi connectivity index (χ1n) is 11.2. The van der Waals surface area contributed by atoms with Crippen LogP contribution in [0, 0.1) is 5.41 Å². The van der Waals surface area contributed by atoms with E-state index in [1.165, 1.54) is 0 Å². The number of hydrogen-bond acceptors (Lipinski definition) is 5. The molecule has 166 valence electrons. The molecule has 2 amide bonds. The second-order valence-electron chi connectivity index (χ2n) is 8.51. The van der Waals surface area contributed by atoms with Crippen molar-refractivity contribution in [3.63, 3.8) is 0 Å². The Labute approximate surface area is 179 Å². The van der Waals surface area contributed by atoms with Crippen LogP contribution in [0.5, 0.6) is 0 Å². The maximum Gasteiger partial charge on any atom is 0.409 e. The van der Waals surface area contributed by atoms with Crippen molar-refractivity contribution in [1.82, 2.24) is 15.1 Å². The Bertz CT molecular complexity index is 666. The van der Waals surface area contributed by atoms with E-state index in [9.17, 15) is 9.59 Å². The third kappa shape index (κ3) is 6.62. The average molecular weight is 418 g/mol. The molecule has 0 radical (unpaired) electrons. The first-order chi connectivity index (χ1) is 14.6. The molecule has 30 heavy (non-hydrogen) atoms. The molecule has 2 heterocycles. The van der Waals surface area contributed by atoms with Crippen molar-refractivity contribution < 1.29 is 19.1 Å². The molecule has 2 aliphatic heterocycles. The van der Waals surface area contributed by atoms with Gasteiger partial charge < -0.3 is 24.6 Å². The summed E-state index contributed by atoms with van der Waals surface area (Å²) in [6.07, 6.45) is 4.61. The molecule has 1 aromatic carbocycles. The van der Waals surface area contributed by atoms with Crippen molar-refractivity contribution in [1.29, 1.82) is 0 Å². The van der Waals surface area contributed by atoms with E-state index in [0.29, 0.717) is 25.2 Å². The number of carbonyl (C=O) groups excluding carboxylic acids is 2. The Balaban J connectivity index is 1.22. The number of likely N-dealkylation sites (tertiary alicyclic amines) is 2. The molecule has 2 saturated heterocycles. The molecule has 0 unspecified atom stereocenters. The summed E-state index contributed by atoms with van der Waals surface area (Å²) in [5.41, 5.74) is 1.28. The summed E-state index contributed by atoms with van der Waals surface area (Å²) in [4.78, 5) is 28.1. The highest BCUT2D eigenvalue weighted by atomic mass is 16.6.